The smallest absolute Gasteiger partial charge is 0.344 e. The van der Waals surface area contributed by atoms with Gasteiger partial charge < -0.3 is 10.6 Å². The van der Waals surface area contributed by atoms with Crippen LogP contribution >= 0.6 is 0 Å². The predicted octanol–water partition coefficient (Wildman–Crippen LogP) is 4.82. The molecule has 0 saturated heterocycles. The Bertz CT molecular complexity index is 1100. The van der Waals surface area contributed by atoms with Crippen LogP contribution in [0, 0.1) is 18.1 Å². The van der Waals surface area contributed by atoms with Crippen molar-refractivity contribution >= 4 is 15.7 Å². The number of carbonyl (C=O) groups is 1. The highest BCUT2D eigenvalue weighted by Gasteiger charge is 2.43. The van der Waals surface area contributed by atoms with Crippen LogP contribution in [-0.2, 0) is 27.6 Å². The fraction of sp³-hybridized carbons (Fsp3) is 0.440. The first-order valence-electron chi connectivity index (χ1n) is 11.5. The fourth-order valence-corrected chi connectivity index (χ4v) is 5.85. The first-order valence-corrected chi connectivity index (χ1v) is 13.3. The lowest BCUT2D eigenvalue weighted by Crippen LogP contribution is -2.49. The zero-order valence-electron chi connectivity index (χ0n) is 20.0. The van der Waals surface area contributed by atoms with Gasteiger partial charge in [-0.3, -0.25) is 4.79 Å². The van der Waals surface area contributed by atoms with Crippen LogP contribution < -0.4 is 10.6 Å². The highest BCUT2D eigenvalue weighted by Crippen LogP contribution is 2.31. The Morgan fingerprint density at radius 1 is 1.03 bits per heavy atom. The largest absolute Gasteiger partial charge is 0.471 e. The lowest BCUT2D eigenvalue weighted by Gasteiger charge is -2.29. The van der Waals surface area contributed by atoms with Crippen molar-refractivity contribution in [2.24, 2.45) is 0 Å². The molecule has 5 nitrogen and oxygen atoms in total. The summed E-state index contributed by atoms with van der Waals surface area (Å²) >= 11 is 0. The molecule has 11 heteroatoms. The average Bonchev–Trinajstić information content (AvgIpc) is 2.79. The summed E-state index contributed by atoms with van der Waals surface area (Å²) in [7, 11) is -4.23. The molecule has 0 aliphatic heterocycles. The van der Waals surface area contributed by atoms with Crippen LogP contribution in [0.25, 0.3) is 0 Å². The van der Waals surface area contributed by atoms with Crippen molar-refractivity contribution in [3.63, 3.8) is 0 Å². The lowest BCUT2D eigenvalue weighted by molar-refractivity contribution is -0.174. The van der Waals surface area contributed by atoms with Crippen molar-refractivity contribution in [3.05, 3.63) is 77.2 Å². The molecule has 1 amide bonds. The van der Waals surface area contributed by atoms with Crippen LogP contribution in [0.4, 0.5) is 22.0 Å². The van der Waals surface area contributed by atoms with E-state index in [0.717, 1.165) is 29.7 Å². The number of alkyl halides is 3. The number of aryl methyl sites for hydroxylation is 1. The number of amides is 1. The Morgan fingerprint density at radius 3 is 2.25 bits per heavy atom. The van der Waals surface area contributed by atoms with Gasteiger partial charge in [0.15, 0.2) is 9.84 Å². The minimum Gasteiger partial charge on any atom is -0.344 e. The Hall–Kier alpha value is -2.53. The van der Waals surface area contributed by atoms with Crippen molar-refractivity contribution in [1.29, 1.82) is 0 Å². The molecular formula is C25H30F5N2O3S. The first kappa shape index (κ1) is 29.7. The van der Waals surface area contributed by atoms with Gasteiger partial charge in [0.05, 0.1) is 11.8 Å². The Kier molecular flexibility index (Phi) is 10.8. The van der Waals surface area contributed by atoms with Gasteiger partial charge in [0.2, 0.25) is 0 Å². The van der Waals surface area contributed by atoms with E-state index in [2.05, 4.69) is 5.32 Å². The normalized spacial score (nSPS) is 13.9. The number of hydrogen-bond acceptors (Lipinski definition) is 4. The summed E-state index contributed by atoms with van der Waals surface area (Å²) in [6.45, 7) is 3.95. The molecule has 1 unspecified atom stereocenters. The second-order valence-corrected chi connectivity index (χ2v) is 10.6. The maximum absolute atomic E-state index is 14.0. The molecule has 1 radical (unpaired) electrons. The number of halogens is 5. The third-order valence-corrected chi connectivity index (χ3v) is 7.71. The summed E-state index contributed by atoms with van der Waals surface area (Å²) in [5, 5.41) is 2.87. The maximum atomic E-state index is 14.0. The van der Waals surface area contributed by atoms with E-state index < -0.39 is 50.6 Å². The summed E-state index contributed by atoms with van der Waals surface area (Å²) in [5.74, 6) is -4.96. The van der Waals surface area contributed by atoms with Crippen molar-refractivity contribution in [1.82, 2.24) is 10.6 Å². The molecule has 0 fully saturated rings. The zero-order valence-corrected chi connectivity index (χ0v) is 20.9. The number of unbranched alkanes of at least 4 members (excludes halogenated alkanes) is 1. The van der Waals surface area contributed by atoms with Crippen molar-refractivity contribution in [2.45, 2.75) is 57.1 Å². The molecule has 0 spiro atoms. The van der Waals surface area contributed by atoms with E-state index >= 15 is 0 Å². The zero-order chi connectivity index (χ0) is 26.9. The topological polar surface area (TPSA) is 75.3 Å². The van der Waals surface area contributed by atoms with E-state index in [9.17, 15) is 35.2 Å². The highest BCUT2D eigenvalue weighted by molar-refractivity contribution is 7.91. The second-order valence-electron chi connectivity index (χ2n) is 8.38. The third kappa shape index (κ3) is 8.85. The Morgan fingerprint density at radius 2 is 1.67 bits per heavy atom. The molecular weight excluding hydrogens is 503 g/mol. The van der Waals surface area contributed by atoms with Gasteiger partial charge in [-0.2, -0.15) is 13.2 Å². The Labute approximate surface area is 208 Å². The van der Waals surface area contributed by atoms with Crippen LogP contribution in [0.5, 0.6) is 0 Å². The molecule has 199 valence electrons. The van der Waals surface area contributed by atoms with E-state index in [0.29, 0.717) is 19.0 Å². The van der Waals surface area contributed by atoms with Gasteiger partial charge in [-0.25, -0.2) is 17.2 Å². The first-order chi connectivity index (χ1) is 16.9. The van der Waals surface area contributed by atoms with Gasteiger partial charge >= 0.3 is 12.1 Å². The summed E-state index contributed by atoms with van der Waals surface area (Å²) in [6.07, 6.45) is -2.66. The lowest BCUT2D eigenvalue weighted by atomic mass is 10.0. The molecule has 0 bridgehead atoms. The van der Waals surface area contributed by atoms with Crippen molar-refractivity contribution in [3.8, 4) is 0 Å². The van der Waals surface area contributed by atoms with E-state index in [4.69, 9.17) is 0 Å². The van der Waals surface area contributed by atoms with E-state index in [1.807, 2.05) is 31.2 Å². The van der Waals surface area contributed by atoms with Gasteiger partial charge in [-0.1, -0.05) is 44.5 Å². The summed E-state index contributed by atoms with van der Waals surface area (Å²) in [4.78, 5) is 11.8. The SMILES string of the molecule is CCCCS(=O)(=O)C(c1cc(F)cc(F)c1)[C@H]([CH]CNCc1cccc(CC)c1)NC(=O)C(F)(F)F. The maximum Gasteiger partial charge on any atom is 0.471 e. The monoisotopic (exact) mass is 533 g/mol. The molecule has 0 aromatic heterocycles. The molecule has 36 heavy (non-hydrogen) atoms. The summed E-state index contributed by atoms with van der Waals surface area (Å²) < 4.78 is 93.6. The molecule has 2 N–H and O–H groups in total. The van der Waals surface area contributed by atoms with Gasteiger partial charge in [0.1, 0.15) is 16.9 Å². The molecule has 0 aliphatic carbocycles. The van der Waals surface area contributed by atoms with Crippen molar-refractivity contribution < 1.29 is 35.2 Å². The molecule has 2 rings (SSSR count). The fourth-order valence-electron chi connectivity index (χ4n) is 3.73. The number of nitrogens with one attached hydrogen (secondary N) is 2. The van der Waals surface area contributed by atoms with Crippen LogP contribution in [0.1, 0.15) is 48.6 Å². The second kappa shape index (κ2) is 13.1. The summed E-state index contributed by atoms with van der Waals surface area (Å²) in [5.41, 5.74) is 1.60. The van der Waals surface area contributed by atoms with Crippen LogP contribution in [-0.4, -0.2) is 38.8 Å². The highest BCUT2D eigenvalue weighted by atomic mass is 32.2. The third-order valence-electron chi connectivity index (χ3n) is 5.51. The molecule has 2 atom stereocenters. The molecule has 0 aliphatic rings. The molecule has 2 aromatic carbocycles. The number of benzene rings is 2. The number of sulfone groups is 1. The molecule has 0 saturated carbocycles. The van der Waals surface area contributed by atoms with Crippen LogP contribution in [0.15, 0.2) is 42.5 Å². The predicted molar refractivity (Wildman–Crippen MR) is 128 cm³/mol. The standard InChI is InChI=1S/C25H30F5N2O3S/c1-3-5-11-36(34,35)23(19-13-20(26)15-21(27)14-19)22(32-24(33)25(28,29)30)9-10-31-16-18-8-6-7-17(4-2)12-18/h6-9,12-15,22-23,31H,3-5,10-11,16H2,1-2H3,(H,32,33)/t22-,23?/m0/s1. The van der Waals surface area contributed by atoms with Gasteiger partial charge in [-0.15, -0.1) is 0 Å². The molecule has 2 aromatic rings. The van der Waals surface area contributed by atoms with E-state index in [1.54, 1.807) is 12.2 Å². The number of hydrogen-bond donors (Lipinski definition) is 2. The quantitative estimate of drug-likeness (QED) is 0.286. The van der Waals surface area contributed by atoms with Gasteiger partial charge in [0.25, 0.3) is 0 Å². The molecule has 0 heterocycles. The Balaban J connectivity index is 2.36. The minimum absolute atomic E-state index is 0.0866. The van der Waals surface area contributed by atoms with E-state index in [-0.39, 0.29) is 18.5 Å². The van der Waals surface area contributed by atoms with Crippen LogP contribution in [0.2, 0.25) is 0 Å². The average molecular weight is 534 g/mol. The minimum atomic E-state index is -5.29. The van der Waals surface area contributed by atoms with Gasteiger partial charge in [0, 0.05) is 19.2 Å². The summed E-state index contributed by atoms with van der Waals surface area (Å²) in [6, 6.07) is 7.92. The number of rotatable bonds is 13. The van der Waals surface area contributed by atoms with Crippen molar-refractivity contribution in [2.75, 3.05) is 12.3 Å². The van der Waals surface area contributed by atoms with E-state index in [1.165, 1.54) is 6.42 Å². The van der Waals surface area contributed by atoms with Crippen LogP contribution in [0.3, 0.4) is 0 Å². The number of carbonyl (C=O) groups excluding carboxylic acids is 1. The van der Waals surface area contributed by atoms with Gasteiger partial charge in [-0.05, 0) is 48.1 Å².